The average Bonchev–Trinajstić information content (AvgIpc) is 2.59. The number of benzene rings is 1. The van der Waals surface area contributed by atoms with Crippen molar-refractivity contribution in [2.24, 2.45) is 11.3 Å². The third kappa shape index (κ3) is 5.48. The van der Waals surface area contributed by atoms with Gasteiger partial charge in [0.05, 0.1) is 0 Å². The number of ether oxygens (including phenoxy) is 1. The molecule has 2 fully saturated rings. The summed E-state index contributed by atoms with van der Waals surface area (Å²) in [4.78, 5) is 14.1. The first-order valence-electron chi connectivity index (χ1n) is 10.9. The summed E-state index contributed by atoms with van der Waals surface area (Å²) < 4.78 is 19.1. The zero-order valence-corrected chi connectivity index (χ0v) is 18.0. The Bertz CT molecular complexity index is 678. The van der Waals surface area contributed by atoms with Crippen LogP contribution in [0.2, 0.25) is 0 Å². The fourth-order valence-electron chi connectivity index (χ4n) is 4.82. The quantitative estimate of drug-likeness (QED) is 0.555. The van der Waals surface area contributed by atoms with Gasteiger partial charge in [-0.3, -0.25) is 0 Å². The van der Waals surface area contributed by atoms with Crippen LogP contribution in [-0.2, 0) is 11.2 Å². The Hall–Kier alpha value is -1.58. The summed E-state index contributed by atoms with van der Waals surface area (Å²) in [5.74, 6) is 0.749. The van der Waals surface area contributed by atoms with E-state index in [0.717, 1.165) is 55.8 Å². The van der Waals surface area contributed by atoms with Gasteiger partial charge in [-0.15, -0.1) is 0 Å². The van der Waals surface area contributed by atoms with E-state index in [1.807, 2.05) is 38.7 Å². The Kier molecular flexibility index (Phi) is 6.36. The summed E-state index contributed by atoms with van der Waals surface area (Å²) in [7, 11) is 0. The Balaban J connectivity index is 1.32. The second-order valence-electron chi connectivity index (χ2n) is 10.1. The van der Waals surface area contributed by atoms with Crippen molar-refractivity contribution in [2.75, 3.05) is 13.1 Å². The minimum atomic E-state index is -0.419. The van der Waals surface area contributed by atoms with Crippen LogP contribution in [0.3, 0.4) is 0 Å². The summed E-state index contributed by atoms with van der Waals surface area (Å²) in [5, 5.41) is 0. The number of hydrogen-bond acceptors (Lipinski definition) is 2. The van der Waals surface area contributed by atoms with Crippen LogP contribution in [0.15, 0.2) is 18.2 Å². The molecule has 1 aromatic rings. The molecule has 1 saturated carbocycles. The van der Waals surface area contributed by atoms with Crippen LogP contribution in [-0.4, -0.2) is 29.7 Å². The predicted octanol–water partition coefficient (Wildman–Crippen LogP) is 6.27. The van der Waals surface area contributed by atoms with Crippen LogP contribution in [0, 0.1) is 24.1 Å². The topological polar surface area (TPSA) is 29.5 Å². The van der Waals surface area contributed by atoms with E-state index < -0.39 is 5.60 Å². The maximum absolute atomic E-state index is 13.6. The lowest BCUT2D eigenvalue weighted by molar-refractivity contribution is -0.0295. The van der Waals surface area contributed by atoms with Crippen LogP contribution in [0.25, 0.3) is 0 Å². The number of unbranched alkanes of at least 4 members (excludes halogenated alkanes) is 1. The molecule has 3 nitrogen and oxygen atoms in total. The monoisotopic (exact) mass is 389 g/mol. The van der Waals surface area contributed by atoms with E-state index in [0.29, 0.717) is 5.41 Å². The minimum absolute atomic E-state index is 0.0869. The van der Waals surface area contributed by atoms with Crippen LogP contribution in [0.5, 0.6) is 0 Å². The maximum atomic E-state index is 13.6. The van der Waals surface area contributed by atoms with E-state index in [4.69, 9.17) is 4.74 Å². The largest absolute Gasteiger partial charge is 0.444 e. The molecule has 2 aliphatic rings. The summed E-state index contributed by atoms with van der Waals surface area (Å²) in [6.45, 7) is 9.23. The van der Waals surface area contributed by atoms with E-state index in [-0.39, 0.29) is 11.9 Å². The molecule has 0 radical (unpaired) electrons. The highest BCUT2D eigenvalue weighted by Crippen LogP contribution is 2.54. The van der Waals surface area contributed by atoms with Gasteiger partial charge in [-0.2, -0.15) is 0 Å². The molecule has 1 spiro atoms. The number of aryl methyl sites for hydroxylation is 2. The van der Waals surface area contributed by atoms with Crippen molar-refractivity contribution < 1.29 is 13.9 Å². The molecule has 0 N–H and O–H groups in total. The van der Waals surface area contributed by atoms with Crippen molar-refractivity contribution in [3.8, 4) is 0 Å². The van der Waals surface area contributed by atoms with E-state index in [1.54, 1.807) is 6.07 Å². The van der Waals surface area contributed by atoms with E-state index in [1.165, 1.54) is 25.7 Å². The van der Waals surface area contributed by atoms with Gasteiger partial charge < -0.3 is 9.64 Å². The molecule has 0 atom stereocenters. The second kappa shape index (κ2) is 8.42. The molecule has 1 aliphatic carbocycles. The minimum Gasteiger partial charge on any atom is -0.444 e. The number of hydrogen-bond donors (Lipinski definition) is 0. The maximum Gasteiger partial charge on any atom is 0.410 e. The number of nitrogens with zero attached hydrogens (tertiary/aromatic N) is 1. The SMILES string of the molecule is Cc1ccc(CCCCC2CC3(CCN(C(=O)OC(C)(C)C)CC3)C2)cc1F. The molecule has 1 aliphatic heterocycles. The van der Waals surface area contributed by atoms with Crippen LogP contribution in [0.1, 0.15) is 76.8 Å². The van der Waals surface area contributed by atoms with Crippen molar-refractivity contribution in [2.45, 2.75) is 84.7 Å². The average molecular weight is 390 g/mol. The van der Waals surface area contributed by atoms with Crippen molar-refractivity contribution in [1.82, 2.24) is 4.90 Å². The fourth-order valence-corrected chi connectivity index (χ4v) is 4.82. The van der Waals surface area contributed by atoms with Crippen molar-refractivity contribution in [3.05, 3.63) is 35.1 Å². The van der Waals surface area contributed by atoms with Gasteiger partial charge >= 0.3 is 6.09 Å². The van der Waals surface area contributed by atoms with Gasteiger partial charge in [0.1, 0.15) is 11.4 Å². The van der Waals surface area contributed by atoms with E-state index >= 15 is 0 Å². The molecule has 0 aromatic heterocycles. The van der Waals surface area contributed by atoms with E-state index in [9.17, 15) is 9.18 Å². The third-order valence-corrected chi connectivity index (χ3v) is 6.48. The number of likely N-dealkylation sites (tertiary alicyclic amines) is 1. The molecule has 1 heterocycles. The number of halogens is 1. The van der Waals surface area contributed by atoms with Gasteiger partial charge in [0, 0.05) is 13.1 Å². The van der Waals surface area contributed by atoms with Crippen LogP contribution in [0.4, 0.5) is 9.18 Å². The number of carbonyl (C=O) groups excluding carboxylic acids is 1. The second-order valence-corrected chi connectivity index (χ2v) is 10.1. The number of rotatable bonds is 5. The lowest BCUT2D eigenvalue weighted by Crippen LogP contribution is -2.49. The van der Waals surface area contributed by atoms with Gasteiger partial charge in [-0.05, 0) is 94.7 Å². The summed E-state index contributed by atoms with van der Waals surface area (Å²) in [5.41, 5.74) is 1.89. The molecule has 1 saturated heterocycles. The lowest BCUT2D eigenvalue weighted by atomic mass is 9.56. The Morgan fingerprint density at radius 2 is 1.89 bits per heavy atom. The molecule has 1 aromatic carbocycles. The first-order valence-corrected chi connectivity index (χ1v) is 10.9. The highest BCUT2D eigenvalue weighted by Gasteiger charge is 2.46. The van der Waals surface area contributed by atoms with Crippen molar-refractivity contribution >= 4 is 6.09 Å². The molecule has 3 rings (SSSR count). The first-order chi connectivity index (χ1) is 13.2. The van der Waals surface area contributed by atoms with Gasteiger partial charge in [0.2, 0.25) is 0 Å². The highest BCUT2D eigenvalue weighted by molar-refractivity contribution is 5.68. The van der Waals surface area contributed by atoms with Crippen LogP contribution >= 0.6 is 0 Å². The molecule has 0 bridgehead atoms. The Labute approximate surface area is 169 Å². The molecule has 0 unspecified atom stereocenters. The Morgan fingerprint density at radius 3 is 2.50 bits per heavy atom. The molecule has 1 amide bonds. The molecule has 4 heteroatoms. The molecule has 28 heavy (non-hydrogen) atoms. The summed E-state index contributed by atoms with van der Waals surface area (Å²) in [6, 6.07) is 5.62. The zero-order chi connectivity index (χ0) is 20.4. The fraction of sp³-hybridized carbons (Fsp3) is 0.708. The van der Waals surface area contributed by atoms with Gasteiger partial charge in [0.25, 0.3) is 0 Å². The van der Waals surface area contributed by atoms with Gasteiger partial charge in [0.15, 0.2) is 0 Å². The van der Waals surface area contributed by atoms with Crippen molar-refractivity contribution in [1.29, 1.82) is 0 Å². The van der Waals surface area contributed by atoms with Gasteiger partial charge in [-0.25, -0.2) is 9.18 Å². The zero-order valence-electron chi connectivity index (χ0n) is 18.0. The number of piperidine rings is 1. The van der Waals surface area contributed by atoms with Crippen LogP contribution < -0.4 is 0 Å². The predicted molar refractivity (Wildman–Crippen MR) is 111 cm³/mol. The summed E-state index contributed by atoms with van der Waals surface area (Å²) >= 11 is 0. The lowest BCUT2D eigenvalue weighted by Gasteiger charge is -2.52. The van der Waals surface area contributed by atoms with E-state index in [2.05, 4.69) is 6.07 Å². The Morgan fingerprint density at radius 1 is 1.21 bits per heavy atom. The smallest absolute Gasteiger partial charge is 0.410 e. The first kappa shape index (κ1) is 21.1. The highest BCUT2D eigenvalue weighted by atomic mass is 19.1. The standard InChI is InChI=1S/C24H36FNO2/c1-18-9-10-19(15-21(18)25)7-5-6-8-20-16-24(17-20)11-13-26(14-12-24)22(27)28-23(2,3)4/h9-10,15,20H,5-8,11-14,16-17H2,1-4H3. The molecular weight excluding hydrogens is 353 g/mol. The van der Waals surface area contributed by atoms with Gasteiger partial charge in [-0.1, -0.05) is 25.0 Å². The molecular formula is C24H36FNO2. The summed E-state index contributed by atoms with van der Waals surface area (Å²) in [6.07, 6.45) is 9.31. The normalized spacial score (nSPS) is 19.5. The number of amides is 1. The molecule has 156 valence electrons. The van der Waals surface area contributed by atoms with Crippen molar-refractivity contribution in [3.63, 3.8) is 0 Å². The number of carbonyl (C=O) groups is 1. The third-order valence-electron chi connectivity index (χ3n) is 6.48.